The van der Waals surface area contributed by atoms with Crippen molar-refractivity contribution in [1.29, 1.82) is 0 Å². The lowest BCUT2D eigenvalue weighted by Crippen LogP contribution is -2.39. The molecule has 114 valence electrons. The molecule has 9 nitrogen and oxygen atoms in total. The third-order valence-electron chi connectivity index (χ3n) is 3.28. The van der Waals surface area contributed by atoms with Gasteiger partial charge in [0.15, 0.2) is 5.13 Å². The first kappa shape index (κ1) is 16.0. The van der Waals surface area contributed by atoms with Crippen LogP contribution in [0.2, 0.25) is 0 Å². The van der Waals surface area contributed by atoms with Crippen molar-refractivity contribution in [2.24, 2.45) is 5.92 Å². The highest BCUT2D eigenvalue weighted by Crippen LogP contribution is 2.33. The molecule has 0 aliphatic heterocycles. The van der Waals surface area contributed by atoms with E-state index in [9.17, 15) is 25.0 Å². The number of hydrogen-bond donors (Lipinski definition) is 1. The Balaban J connectivity index is 2.03. The lowest BCUT2D eigenvalue weighted by atomic mass is 9.85. The van der Waals surface area contributed by atoms with Gasteiger partial charge in [0, 0.05) is 21.7 Å². The smallest absolute Gasteiger partial charge is 0.302 e. The third kappa shape index (κ3) is 3.84. The van der Waals surface area contributed by atoms with Crippen LogP contribution in [0.3, 0.4) is 0 Å². The number of alkyl halides is 1. The molecule has 0 aromatic carbocycles. The van der Waals surface area contributed by atoms with Crippen LogP contribution in [0.15, 0.2) is 6.20 Å². The number of aromatic nitrogens is 1. The van der Waals surface area contributed by atoms with Crippen molar-refractivity contribution in [1.82, 2.24) is 4.98 Å². The molecule has 0 radical (unpaired) electrons. The van der Waals surface area contributed by atoms with E-state index in [0.717, 1.165) is 17.5 Å². The van der Waals surface area contributed by atoms with Crippen LogP contribution in [0.4, 0.5) is 10.1 Å². The quantitative estimate of drug-likeness (QED) is 0.340. The van der Waals surface area contributed by atoms with Crippen molar-refractivity contribution in [2.75, 3.05) is 5.32 Å². The molecule has 11 heteroatoms. The van der Waals surface area contributed by atoms with Gasteiger partial charge in [-0.1, -0.05) is 22.6 Å². The van der Waals surface area contributed by atoms with Gasteiger partial charge in [-0.05, 0) is 17.8 Å². The van der Waals surface area contributed by atoms with Crippen LogP contribution in [-0.2, 0) is 4.79 Å². The number of nitro groups is 2. The summed E-state index contributed by atoms with van der Waals surface area (Å²) in [5.41, 5.74) is 0. The van der Waals surface area contributed by atoms with Crippen LogP contribution in [0.1, 0.15) is 19.3 Å². The summed E-state index contributed by atoms with van der Waals surface area (Å²) < 4.78 is 0.00810. The van der Waals surface area contributed by atoms with Crippen molar-refractivity contribution in [3.05, 3.63) is 26.4 Å². The molecule has 3 atom stereocenters. The van der Waals surface area contributed by atoms with E-state index in [1.807, 2.05) is 0 Å². The Bertz CT molecular complexity index is 580. The maximum atomic E-state index is 12.2. The summed E-state index contributed by atoms with van der Waals surface area (Å²) in [4.78, 5) is 36.4. The number of rotatable bonds is 4. The Labute approximate surface area is 136 Å². The number of halogens is 1. The van der Waals surface area contributed by atoms with Crippen molar-refractivity contribution < 1.29 is 14.6 Å². The Morgan fingerprint density at radius 1 is 1.43 bits per heavy atom. The third-order valence-corrected chi connectivity index (χ3v) is 5.63. The van der Waals surface area contributed by atoms with Crippen molar-refractivity contribution >= 4 is 50.0 Å². The SMILES string of the molecule is O=C(Nc1ncc([N+](=O)[O-])s1)C1CC([N+](=O)[O-])CCC1I. The topological polar surface area (TPSA) is 128 Å². The number of nitrogens with zero attached hydrogens (tertiary/aromatic N) is 3. The largest absolute Gasteiger partial charge is 0.345 e. The summed E-state index contributed by atoms with van der Waals surface area (Å²) in [5, 5.41) is 23.9. The molecule has 1 aromatic heterocycles. The highest BCUT2D eigenvalue weighted by atomic mass is 127. The van der Waals surface area contributed by atoms with E-state index in [4.69, 9.17) is 0 Å². The lowest BCUT2D eigenvalue weighted by molar-refractivity contribution is -0.527. The summed E-state index contributed by atoms with van der Waals surface area (Å²) >= 11 is 2.88. The van der Waals surface area contributed by atoms with E-state index in [0.29, 0.717) is 12.8 Å². The van der Waals surface area contributed by atoms with Gasteiger partial charge >= 0.3 is 5.00 Å². The zero-order valence-corrected chi connectivity index (χ0v) is 13.6. The molecule has 0 spiro atoms. The first-order valence-corrected chi connectivity index (χ1v) is 8.13. The van der Waals surface area contributed by atoms with Gasteiger partial charge in [-0.15, -0.1) is 0 Å². The number of carbonyl (C=O) groups is 1. The summed E-state index contributed by atoms with van der Waals surface area (Å²) in [5.74, 6) is -0.858. The number of anilines is 1. The molecular weight excluding hydrogens is 415 g/mol. The summed E-state index contributed by atoms with van der Waals surface area (Å²) in [6.07, 6.45) is 2.32. The zero-order valence-electron chi connectivity index (χ0n) is 10.6. The molecule has 0 saturated heterocycles. The molecule has 1 saturated carbocycles. The van der Waals surface area contributed by atoms with Crippen LogP contribution >= 0.6 is 33.9 Å². The minimum atomic E-state index is -0.711. The van der Waals surface area contributed by atoms with Crippen molar-refractivity contribution in [3.63, 3.8) is 0 Å². The Hall–Kier alpha value is -1.37. The first-order valence-electron chi connectivity index (χ1n) is 6.07. The molecule has 1 aliphatic rings. The van der Waals surface area contributed by atoms with E-state index in [1.54, 1.807) is 0 Å². The molecule has 1 N–H and O–H groups in total. The van der Waals surface area contributed by atoms with E-state index in [1.165, 1.54) is 0 Å². The van der Waals surface area contributed by atoms with Crippen LogP contribution < -0.4 is 5.32 Å². The second-order valence-corrected chi connectivity index (χ2v) is 7.23. The second kappa shape index (κ2) is 6.60. The molecule has 1 heterocycles. The fourth-order valence-electron chi connectivity index (χ4n) is 2.18. The zero-order chi connectivity index (χ0) is 15.6. The van der Waals surface area contributed by atoms with Gasteiger partial charge in [-0.3, -0.25) is 25.0 Å². The van der Waals surface area contributed by atoms with Crippen LogP contribution in [0, 0.1) is 26.1 Å². The van der Waals surface area contributed by atoms with Crippen LogP contribution in [-0.4, -0.2) is 30.7 Å². The average Bonchev–Trinajstić information content (AvgIpc) is 2.87. The van der Waals surface area contributed by atoms with Gasteiger partial charge in [0.1, 0.15) is 6.20 Å². The molecule has 21 heavy (non-hydrogen) atoms. The summed E-state index contributed by atoms with van der Waals surface area (Å²) in [6.45, 7) is 0. The monoisotopic (exact) mass is 426 g/mol. The molecule has 1 aliphatic carbocycles. The fraction of sp³-hybridized carbons (Fsp3) is 0.600. The predicted octanol–water partition coefficient (Wildman–Crippen LogP) is 2.24. The Morgan fingerprint density at radius 2 is 2.14 bits per heavy atom. The standard InChI is InChI=1S/C10H11IN4O5S/c11-7-2-1-5(14(17)18)3-6(7)9(16)13-10-12-4-8(21-10)15(19)20/h4-7H,1-3H2,(H,12,13,16). The Morgan fingerprint density at radius 3 is 2.71 bits per heavy atom. The molecule has 1 fully saturated rings. The molecule has 1 amide bonds. The normalized spacial score (nSPS) is 25.3. The van der Waals surface area contributed by atoms with Gasteiger partial charge < -0.3 is 5.32 Å². The molecule has 3 unspecified atom stereocenters. The van der Waals surface area contributed by atoms with Crippen LogP contribution in [0.5, 0.6) is 0 Å². The average molecular weight is 426 g/mol. The number of hydrogen-bond acceptors (Lipinski definition) is 7. The molecule has 0 bridgehead atoms. The highest BCUT2D eigenvalue weighted by Gasteiger charge is 2.39. The predicted molar refractivity (Wildman–Crippen MR) is 83.3 cm³/mol. The van der Waals surface area contributed by atoms with E-state index in [2.05, 4.69) is 32.9 Å². The summed E-state index contributed by atoms with van der Waals surface area (Å²) in [7, 11) is 0. The van der Waals surface area contributed by atoms with Gasteiger partial charge in [-0.2, -0.15) is 0 Å². The van der Waals surface area contributed by atoms with E-state index < -0.39 is 16.9 Å². The fourth-order valence-corrected chi connectivity index (χ4v) is 3.79. The molecule has 1 aromatic rings. The van der Waals surface area contributed by atoms with Crippen LogP contribution in [0.25, 0.3) is 0 Å². The second-order valence-electron chi connectivity index (χ2n) is 4.62. The van der Waals surface area contributed by atoms with E-state index >= 15 is 0 Å². The minimum Gasteiger partial charge on any atom is -0.302 e. The number of amides is 1. The number of carbonyl (C=O) groups excluding carboxylic acids is 1. The van der Waals surface area contributed by atoms with Crippen molar-refractivity contribution in [2.45, 2.75) is 29.2 Å². The Kier molecular flexibility index (Phi) is 5.03. The van der Waals surface area contributed by atoms with Gasteiger partial charge in [0.2, 0.25) is 11.9 Å². The van der Waals surface area contributed by atoms with Gasteiger partial charge in [0.25, 0.3) is 0 Å². The maximum Gasteiger partial charge on any atom is 0.345 e. The molecule has 2 rings (SSSR count). The summed E-state index contributed by atoms with van der Waals surface area (Å²) in [6, 6.07) is -0.711. The maximum absolute atomic E-state index is 12.2. The minimum absolute atomic E-state index is 0.00810. The first-order chi connectivity index (χ1) is 9.88. The molecular formula is C10H11IN4O5S. The highest BCUT2D eigenvalue weighted by molar-refractivity contribution is 14.1. The van der Waals surface area contributed by atoms with E-state index in [-0.39, 0.29) is 31.3 Å². The van der Waals surface area contributed by atoms with Crippen molar-refractivity contribution in [3.8, 4) is 0 Å². The van der Waals surface area contributed by atoms with Gasteiger partial charge in [-0.25, -0.2) is 4.98 Å². The number of thiazole rings is 1. The lowest BCUT2D eigenvalue weighted by Gasteiger charge is -2.27. The van der Waals surface area contributed by atoms with Gasteiger partial charge in [0.05, 0.1) is 10.8 Å². The number of nitrogens with one attached hydrogen (secondary N) is 1.